The lowest BCUT2D eigenvalue weighted by atomic mass is 9.84. The van der Waals surface area contributed by atoms with Crippen LogP contribution in [-0.2, 0) is 0 Å². The van der Waals surface area contributed by atoms with Gasteiger partial charge in [0.2, 0.25) is 0 Å². The largest absolute Gasteiger partial charge is 0.396 e. The van der Waals surface area contributed by atoms with Gasteiger partial charge in [0.15, 0.2) is 0 Å². The average Bonchev–Trinajstić information content (AvgIpc) is 3.27. The number of hydrogen-bond donors (Lipinski definition) is 2. The smallest absolute Gasteiger partial charge is 0.0540 e. The van der Waals surface area contributed by atoms with Gasteiger partial charge in [-0.1, -0.05) is 65.7 Å². The lowest BCUT2D eigenvalue weighted by Gasteiger charge is -2.23. The van der Waals surface area contributed by atoms with E-state index < -0.39 is 0 Å². The first kappa shape index (κ1) is 21.0. The van der Waals surface area contributed by atoms with Crippen molar-refractivity contribution in [3.63, 3.8) is 0 Å². The van der Waals surface area contributed by atoms with Crippen molar-refractivity contribution in [2.45, 2.75) is 117 Å². The molecular weight excluding hydrogens is 284 g/mol. The van der Waals surface area contributed by atoms with Crippen molar-refractivity contribution in [2.75, 3.05) is 6.61 Å². The summed E-state index contributed by atoms with van der Waals surface area (Å²) in [5.74, 6) is 0. The third-order valence-corrected chi connectivity index (χ3v) is 6.13. The van der Waals surface area contributed by atoms with Crippen LogP contribution < -0.4 is 0 Å². The number of hydrogen-bond acceptors (Lipinski definition) is 2. The van der Waals surface area contributed by atoms with Gasteiger partial charge in [0.1, 0.15) is 0 Å². The Labute approximate surface area is 145 Å². The lowest BCUT2D eigenvalue weighted by molar-refractivity contribution is 0.145. The van der Waals surface area contributed by atoms with Gasteiger partial charge in [-0.2, -0.15) is 0 Å². The van der Waals surface area contributed by atoms with Crippen LogP contribution in [0.4, 0.5) is 0 Å². The van der Waals surface area contributed by atoms with Crippen LogP contribution in [-0.4, -0.2) is 22.9 Å². The molecular formula is C21H42O2. The second-order valence-corrected chi connectivity index (χ2v) is 8.84. The minimum Gasteiger partial charge on any atom is -0.396 e. The molecule has 0 bridgehead atoms. The second kappa shape index (κ2) is 10.7. The summed E-state index contributed by atoms with van der Waals surface area (Å²) >= 11 is 0. The molecule has 0 amide bonds. The van der Waals surface area contributed by atoms with E-state index in [1.54, 1.807) is 0 Å². The van der Waals surface area contributed by atoms with E-state index in [1.165, 1.54) is 64.2 Å². The number of aliphatic hydroxyl groups excluding tert-OH is 2. The Kier molecular flexibility index (Phi) is 9.77. The van der Waals surface area contributed by atoms with Crippen LogP contribution in [0, 0.1) is 10.8 Å². The molecule has 1 rings (SSSR count). The molecule has 1 aliphatic rings. The van der Waals surface area contributed by atoms with Gasteiger partial charge in [0.25, 0.3) is 0 Å². The minimum atomic E-state index is -0.0819. The normalized spacial score (nSPS) is 18.1. The molecule has 0 aromatic carbocycles. The Balaban J connectivity index is 1.89. The molecule has 0 aromatic rings. The molecule has 2 heteroatoms. The predicted molar refractivity (Wildman–Crippen MR) is 99.6 cm³/mol. The third-order valence-electron chi connectivity index (χ3n) is 6.13. The summed E-state index contributed by atoms with van der Waals surface area (Å²) in [7, 11) is 0. The van der Waals surface area contributed by atoms with Crippen molar-refractivity contribution in [3.05, 3.63) is 0 Å². The summed E-state index contributed by atoms with van der Waals surface area (Å²) in [5.41, 5.74) is 1.01. The van der Waals surface area contributed by atoms with Crippen molar-refractivity contribution in [1.29, 1.82) is 0 Å². The molecule has 2 N–H and O–H groups in total. The summed E-state index contributed by atoms with van der Waals surface area (Å²) < 4.78 is 0. The van der Waals surface area contributed by atoms with Crippen LogP contribution in [0.5, 0.6) is 0 Å². The fourth-order valence-corrected chi connectivity index (χ4v) is 3.75. The van der Waals surface area contributed by atoms with Gasteiger partial charge in [-0.3, -0.25) is 0 Å². The van der Waals surface area contributed by atoms with E-state index in [4.69, 9.17) is 5.11 Å². The summed E-state index contributed by atoms with van der Waals surface area (Å²) in [4.78, 5) is 0. The van der Waals surface area contributed by atoms with E-state index in [9.17, 15) is 5.11 Å². The predicted octanol–water partition coefficient (Wildman–Crippen LogP) is 5.85. The fourth-order valence-electron chi connectivity index (χ4n) is 3.75. The van der Waals surface area contributed by atoms with Crippen LogP contribution in [0.25, 0.3) is 0 Å². The van der Waals surface area contributed by atoms with E-state index in [-0.39, 0.29) is 11.5 Å². The topological polar surface area (TPSA) is 40.5 Å². The first-order chi connectivity index (χ1) is 10.9. The second-order valence-electron chi connectivity index (χ2n) is 8.84. The van der Waals surface area contributed by atoms with Crippen molar-refractivity contribution in [1.82, 2.24) is 0 Å². The van der Waals surface area contributed by atoms with Gasteiger partial charge >= 0.3 is 0 Å². The first-order valence-corrected chi connectivity index (χ1v) is 10.2. The van der Waals surface area contributed by atoms with Crippen LogP contribution in [0.15, 0.2) is 0 Å². The number of rotatable bonds is 15. The quantitative estimate of drug-likeness (QED) is 0.371. The summed E-state index contributed by atoms with van der Waals surface area (Å²) in [5, 5.41) is 19.1. The maximum atomic E-state index is 10.1. The van der Waals surface area contributed by atoms with Crippen LogP contribution >= 0.6 is 0 Å². The molecule has 0 saturated heterocycles. The molecule has 0 aliphatic heterocycles. The average molecular weight is 327 g/mol. The standard InChI is InChI=1S/C21H42O2/c1-4-21(15-16-21)14-10-6-8-12-19(23)11-7-5-9-13-20(2,3)17-18-22/h19,22-23H,4-18H2,1-3H3. The molecule has 0 aromatic heterocycles. The highest BCUT2D eigenvalue weighted by Crippen LogP contribution is 2.52. The van der Waals surface area contributed by atoms with Crippen molar-refractivity contribution >= 4 is 0 Å². The molecule has 1 unspecified atom stereocenters. The zero-order valence-electron chi connectivity index (χ0n) is 16.1. The molecule has 1 saturated carbocycles. The first-order valence-electron chi connectivity index (χ1n) is 10.2. The molecule has 23 heavy (non-hydrogen) atoms. The van der Waals surface area contributed by atoms with Crippen LogP contribution in [0.1, 0.15) is 111 Å². The molecule has 1 aliphatic carbocycles. The number of unbranched alkanes of at least 4 members (excludes halogenated alkanes) is 4. The van der Waals surface area contributed by atoms with Crippen LogP contribution in [0.3, 0.4) is 0 Å². The van der Waals surface area contributed by atoms with E-state index in [1.807, 2.05) is 0 Å². The van der Waals surface area contributed by atoms with Gasteiger partial charge < -0.3 is 10.2 Å². The Bertz CT molecular complexity index is 294. The van der Waals surface area contributed by atoms with Gasteiger partial charge in [-0.15, -0.1) is 0 Å². The van der Waals surface area contributed by atoms with E-state index in [0.29, 0.717) is 6.61 Å². The van der Waals surface area contributed by atoms with E-state index in [0.717, 1.165) is 31.1 Å². The van der Waals surface area contributed by atoms with Gasteiger partial charge in [0, 0.05) is 6.61 Å². The number of aliphatic hydroxyl groups is 2. The zero-order valence-corrected chi connectivity index (χ0v) is 16.1. The van der Waals surface area contributed by atoms with Crippen molar-refractivity contribution in [3.8, 4) is 0 Å². The van der Waals surface area contributed by atoms with E-state index in [2.05, 4.69) is 20.8 Å². The molecule has 1 atom stereocenters. The maximum Gasteiger partial charge on any atom is 0.0540 e. The maximum absolute atomic E-state index is 10.1. The molecule has 2 nitrogen and oxygen atoms in total. The Hall–Kier alpha value is -0.0800. The minimum absolute atomic E-state index is 0.0819. The Morgan fingerprint density at radius 2 is 1.52 bits per heavy atom. The molecule has 0 spiro atoms. The Morgan fingerprint density at radius 1 is 0.913 bits per heavy atom. The van der Waals surface area contributed by atoms with Gasteiger partial charge in [-0.25, -0.2) is 0 Å². The SMILES string of the molecule is CCC1(CCCCCC(O)CCCCCC(C)(C)CCO)CC1. The van der Waals surface area contributed by atoms with Crippen molar-refractivity contribution < 1.29 is 10.2 Å². The summed E-state index contributed by atoms with van der Waals surface area (Å²) in [6.45, 7) is 7.11. The summed E-state index contributed by atoms with van der Waals surface area (Å²) in [6, 6.07) is 0. The van der Waals surface area contributed by atoms with E-state index >= 15 is 0 Å². The molecule has 138 valence electrons. The highest BCUT2D eigenvalue weighted by molar-refractivity contribution is 4.91. The van der Waals surface area contributed by atoms with Gasteiger partial charge in [-0.05, 0) is 55.8 Å². The molecule has 0 heterocycles. The highest BCUT2D eigenvalue weighted by Gasteiger charge is 2.39. The summed E-state index contributed by atoms with van der Waals surface area (Å²) in [6.07, 6.45) is 17.1. The van der Waals surface area contributed by atoms with Crippen LogP contribution in [0.2, 0.25) is 0 Å². The molecule has 0 radical (unpaired) electrons. The van der Waals surface area contributed by atoms with Gasteiger partial charge in [0.05, 0.1) is 6.10 Å². The monoisotopic (exact) mass is 326 g/mol. The lowest BCUT2D eigenvalue weighted by Crippen LogP contribution is -2.13. The molecule has 1 fully saturated rings. The Morgan fingerprint density at radius 3 is 2.04 bits per heavy atom. The fraction of sp³-hybridized carbons (Fsp3) is 1.00. The van der Waals surface area contributed by atoms with Crippen molar-refractivity contribution in [2.24, 2.45) is 10.8 Å². The zero-order chi connectivity index (χ0) is 17.2. The third kappa shape index (κ3) is 9.72. The highest BCUT2D eigenvalue weighted by atomic mass is 16.3.